The zero-order chi connectivity index (χ0) is 13.9. The highest BCUT2D eigenvalue weighted by Crippen LogP contribution is 2.29. The molecule has 0 amide bonds. The minimum absolute atomic E-state index is 0.0490. The lowest BCUT2D eigenvalue weighted by Crippen LogP contribution is -2.38. The first-order valence-electron chi connectivity index (χ1n) is 6.75. The van der Waals surface area contributed by atoms with Crippen LogP contribution in [0.4, 0.5) is 11.4 Å². The lowest BCUT2D eigenvalue weighted by molar-refractivity contribution is -0.383. The molecule has 1 saturated heterocycles. The largest absolute Gasteiger partial charge is 0.380 e. The van der Waals surface area contributed by atoms with Gasteiger partial charge in [0.1, 0.15) is 5.52 Å². The molecule has 2 heterocycles. The first-order chi connectivity index (χ1) is 9.75. The monoisotopic (exact) mass is 272 g/mol. The third kappa shape index (κ3) is 2.42. The van der Waals surface area contributed by atoms with Crippen LogP contribution >= 0.6 is 0 Å². The number of non-ortho nitro benzene ring substituents is 1. The number of nitrogens with zero attached hydrogens (tertiary/aromatic N) is 2. The van der Waals surface area contributed by atoms with Gasteiger partial charge in [0.05, 0.1) is 4.92 Å². The molecule has 104 valence electrons. The second kappa shape index (κ2) is 5.42. The van der Waals surface area contributed by atoms with Crippen molar-refractivity contribution in [2.24, 2.45) is 0 Å². The van der Waals surface area contributed by atoms with Crippen LogP contribution in [-0.2, 0) is 0 Å². The normalized spacial score (nSPS) is 18.9. The fourth-order valence-electron chi connectivity index (χ4n) is 2.63. The van der Waals surface area contributed by atoms with Crippen molar-refractivity contribution >= 4 is 22.3 Å². The maximum atomic E-state index is 11.1. The van der Waals surface area contributed by atoms with Crippen LogP contribution in [0.15, 0.2) is 30.5 Å². The Labute approximate surface area is 116 Å². The molecule has 0 radical (unpaired) electrons. The van der Waals surface area contributed by atoms with E-state index in [4.69, 9.17) is 0 Å². The van der Waals surface area contributed by atoms with Gasteiger partial charge in [-0.2, -0.15) is 0 Å². The highest BCUT2D eigenvalue weighted by Gasteiger charge is 2.17. The number of anilines is 1. The Bertz CT molecular complexity index is 638. The number of pyridine rings is 1. The molecule has 1 atom stereocenters. The van der Waals surface area contributed by atoms with E-state index < -0.39 is 0 Å². The van der Waals surface area contributed by atoms with Gasteiger partial charge in [-0.3, -0.25) is 10.1 Å². The van der Waals surface area contributed by atoms with Gasteiger partial charge < -0.3 is 10.6 Å². The number of nitro groups is 1. The first-order valence-corrected chi connectivity index (χ1v) is 6.75. The molecular formula is C14H16N4O2. The summed E-state index contributed by atoms with van der Waals surface area (Å²) in [7, 11) is 0. The van der Waals surface area contributed by atoms with Crippen LogP contribution < -0.4 is 10.6 Å². The number of piperidine rings is 1. The van der Waals surface area contributed by atoms with Crippen LogP contribution in [0.3, 0.4) is 0 Å². The minimum atomic E-state index is -0.388. The minimum Gasteiger partial charge on any atom is -0.380 e. The summed E-state index contributed by atoms with van der Waals surface area (Å²) in [5.74, 6) is 0. The van der Waals surface area contributed by atoms with E-state index in [0.717, 1.165) is 37.0 Å². The summed E-state index contributed by atoms with van der Waals surface area (Å²) in [6.45, 7) is 1.97. The molecule has 0 aliphatic carbocycles. The molecule has 20 heavy (non-hydrogen) atoms. The molecule has 3 rings (SSSR count). The van der Waals surface area contributed by atoms with E-state index in [1.165, 1.54) is 6.07 Å². The van der Waals surface area contributed by atoms with Gasteiger partial charge in [-0.25, -0.2) is 4.98 Å². The highest BCUT2D eigenvalue weighted by atomic mass is 16.6. The van der Waals surface area contributed by atoms with E-state index in [9.17, 15) is 10.1 Å². The molecule has 1 fully saturated rings. The number of fused-ring (bicyclic) bond motifs is 1. The number of nitro benzene ring substituents is 1. The summed E-state index contributed by atoms with van der Waals surface area (Å²) in [5, 5.41) is 18.7. The Balaban J connectivity index is 1.98. The molecule has 1 aliphatic heterocycles. The van der Waals surface area contributed by atoms with E-state index in [1.54, 1.807) is 12.3 Å². The zero-order valence-electron chi connectivity index (χ0n) is 11.0. The third-order valence-electron chi connectivity index (χ3n) is 3.60. The van der Waals surface area contributed by atoms with Gasteiger partial charge in [-0.05, 0) is 25.5 Å². The summed E-state index contributed by atoms with van der Waals surface area (Å²) in [4.78, 5) is 14.8. The van der Waals surface area contributed by atoms with Gasteiger partial charge in [0.2, 0.25) is 0 Å². The maximum Gasteiger partial charge on any atom is 0.295 e. The Morgan fingerprint density at radius 2 is 2.30 bits per heavy atom. The van der Waals surface area contributed by atoms with Crippen LogP contribution in [0.5, 0.6) is 0 Å². The topological polar surface area (TPSA) is 80.1 Å². The van der Waals surface area contributed by atoms with E-state index in [0.29, 0.717) is 11.6 Å². The standard InChI is InChI=1S/C14H16N4O2/c19-18(20)13-5-1-4-11-12(6-8-16-14(11)13)17-10-3-2-7-15-9-10/h1,4-6,8,10,15H,2-3,7,9H2,(H,16,17). The molecule has 1 aliphatic rings. The summed E-state index contributed by atoms with van der Waals surface area (Å²) in [5.41, 5.74) is 1.39. The summed E-state index contributed by atoms with van der Waals surface area (Å²) < 4.78 is 0. The number of nitrogens with one attached hydrogen (secondary N) is 2. The number of hydrogen-bond donors (Lipinski definition) is 2. The van der Waals surface area contributed by atoms with Crippen molar-refractivity contribution in [2.75, 3.05) is 18.4 Å². The van der Waals surface area contributed by atoms with Crippen molar-refractivity contribution in [3.05, 3.63) is 40.6 Å². The second-order valence-corrected chi connectivity index (χ2v) is 4.98. The molecule has 0 bridgehead atoms. The van der Waals surface area contributed by atoms with Crippen LogP contribution in [0.2, 0.25) is 0 Å². The molecule has 2 N–H and O–H groups in total. The maximum absolute atomic E-state index is 11.1. The second-order valence-electron chi connectivity index (χ2n) is 4.98. The van der Waals surface area contributed by atoms with E-state index in [2.05, 4.69) is 15.6 Å². The van der Waals surface area contributed by atoms with E-state index >= 15 is 0 Å². The number of aromatic nitrogens is 1. The van der Waals surface area contributed by atoms with Gasteiger partial charge in [0.15, 0.2) is 0 Å². The Morgan fingerprint density at radius 3 is 3.05 bits per heavy atom. The van der Waals surface area contributed by atoms with Crippen molar-refractivity contribution in [3.63, 3.8) is 0 Å². The van der Waals surface area contributed by atoms with Gasteiger partial charge in [-0.15, -0.1) is 0 Å². The molecule has 6 nitrogen and oxygen atoms in total. The number of para-hydroxylation sites is 1. The molecule has 0 spiro atoms. The van der Waals surface area contributed by atoms with Gasteiger partial charge >= 0.3 is 0 Å². The lowest BCUT2D eigenvalue weighted by Gasteiger charge is -2.25. The fraction of sp³-hybridized carbons (Fsp3) is 0.357. The molecular weight excluding hydrogens is 256 g/mol. The summed E-state index contributed by atoms with van der Waals surface area (Å²) >= 11 is 0. The van der Waals surface area contributed by atoms with E-state index in [-0.39, 0.29) is 10.6 Å². The molecule has 1 aromatic heterocycles. The number of rotatable bonds is 3. The molecule has 2 aromatic rings. The van der Waals surface area contributed by atoms with Crippen molar-refractivity contribution < 1.29 is 4.92 Å². The van der Waals surface area contributed by atoms with Gasteiger partial charge in [0, 0.05) is 35.9 Å². The average Bonchev–Trinajstić information content (AvgIpc) is 2.48. The summed E-state index contributed by atoms with van der Waals surface area (Å²) in [6, 6.07) is 7.29. The molecule has 1 aromatic carbocycles. The molecule has 0 saturated carbocycles. The Hall–Kier alpha value is -2.21. The number of hydrogen-bond acceptors (Lipinski definition) is 5. The fourth-order valence-corrected chi connectivity index (χ4v) is 2.63. The van der Waals surface area contributed by atoms with Crippen molar-refractivity contribution in [2.45, 2.75) is 18.9 Å². The smallest absolute Gasteiger partial charge is 0.295 e. The Morgan fingerprint density at radius 1 is 1.40 bits per heavy atom. The Kier molecular flexibility index (Phi) is 3.47. The van der Waals surface area contributed by atoms with Gasteiger partial charge in [0.25, 0.3) is 5.69 Å². The quantitative estimate of drug-likeness (QED) is 0.662. The number of benzene rings is 1. The predicted molar refractivity (Wildman–Crippen MR) is 77.9 cm³/mol. The van der Waals surface area contributed by atoms with Crippen LogP contribution in [0, 0.1) is 10.1 Å². The SMILES string of the molecule is O=[N+]([O-])c1cccc2c(NC3CCCNC3)ccnc12. The van der Waals surface area contributed by atoms with Crippen molar-refractivity contribution in [3.8, 4) is 0 Å². The summed E-state index contributed by atoms with van der Waals surface area (Å²) in [6.07, 6.45) is 3.86. The van der Waals surface area contributed by atoms with E-state index in [1.807, 2.05) is 12.1 Å². The van der Waals surface area contributed by atoms with Crippen molar-refractivity contribution in [1.29, 1.82) is 0 Å². The average molecular weight is 272 g/mol. The van der Waals surface area contributed by atoms with Crippen LogP contribution in [0.25, 0.3) is 10.9 Å². The third-order valence-corrected chi connectivity index (χ3v) is 3.60. The molecule has 1 unspecified atom stereocenters. The van der Waals surface area contributed by atoms with Gasteiger partial charge in [-0.1, -0.05) is 12.1 Å². The first kappa shape index (κ1) is 12.8. The molecule has 6 heteroatoms. The van der Waals surface area contributed by atoms with Crippen LogP contribution in [-0.4, -0.2) is 29.0 Å². The zero-order valence-corrected chi connectivity index (χ0v) is 11.0. The van der Waals surface area contributed by atoms with Crippen molar-refractivity contribution in [1.82, 2.24) is 10.3 Å². The highest BCUT2D eigenvalue weighted by molar-refractivity contribution is 5.96. The van der Waals surface area contributed by atoms with Crippen LogP contribution in [0.1, 0.15) is 12.8 Å². The lowest BCUT2D eigenvalue weighted by atomic mass is 10.1. The predicted octanol–water partition coefficient (Wildman–Crippen LogP) is 2.31.